The molecule has 0 bridgehead atoms. The summed E-state index contributed by atoms with van der Waals surface area (Å²) in [6, 6.07) is 3.60. The summed E-state index contributed by atoms with van der Waals surface area (Å²) in [5.74, 6) is 1.29. The smallest absolute Gasteiger partial charge is 0.226 e. The Hall–Kier alpha value is -2.57. The second-order valence-electron chi connectivity index (χ2n) is 4.96. The number of aromatic nitrogens is 2. The zero-order chi connectivity index (χ0) is 15.0. The van der Waals surface area contributed by atoms with Gasteiger partial charge in [0.15, 0.2) is 5.82 Å². The van der Waals surface area contributed by atoms with Crippen LogP contribution in [-0.4, -0.2) is 21.6 Å². The minimum Gasteiger partial charge on any atom is -0.469 e. The Morgan fingerprint density at radius 2 is 2.43 bits per heavy atom. The van der Waals surface area contributed by atoms with Gasteiger partial charge in [-0.15, -0.1) is 0 Å². The summed E-state index contributed by atoms with van der Waals surface area (Å²) in [4.78, 5) is 23.6. The number of carbonyl (C=O) groups is 2. The monoisotopic (exact) mass is 288 g/mol. The van der Waals surface area contributed by atoms with E-state index < -0.39 is 0 Å². The molecule has 0 radical (unpaired) electrons. The number of aryl methyl sites for hydroxylation is 1. The highest BCUT2D eigenvalue weighted by atomic mass is 16.3. The second-order valence-corrected chi connectivity index (χ2v) is 4.96. The lowest BCUT2D eigenvalue weighted by molar-refractivity contribution is -0.117. The summed E-state index contributed by atoms with van der Waals surface area (Å²) in [6.07, 6.45) is 2.20. The first-order chi connectivity index (χ1) is 10.1. The summed E-state index contributed by atoms with van der Waals surface area (Å²) in [5, 5.41) is 9.89. The summed E-state index contributed by atoms with van der Waals surface area (Å²) < 4.78 is 7.01. The number of nitrogens with zero attached hydrogens (tertiary/aromatic N) is 2. The van der Waals surface area contributed by atoms with Crippen LogP contribution in [0.5, 0.6) is 0 Å². The number of carbonyl (C=O) groups excluding carboxylic acids is 2. The SMILES string of the molecule is CCC(=O)Nc1nn(C)c2c1[C@@H](c1ccco1)CC(=O)N2. The van der Waals surface area contributed by atoms with Crippen LogP contribution in [0.4, 0.5) is 11.6 Å². The van der Waals surface area contributed by atoms with Crippen molar-refractivity contribution in [1.82, 2.24) is 9.78 Å². The maximum atomic E-state index is 11.9. The Morgan fingerprint density at radius 1 is 1.62 bits per heavy atom. The molecule has 1 atom stereocenters. The van der Waals surface area contributed by atoms with Gasteiger partial charge in [-0.2, -0.15) is 5.10 Å². The average molecular weight is 288 g/mol. The van der Waals surface area contributed by atoms with Crippen molar-refractivity contribution in [3.05, 3.63) is 29.7 Å². The normalized spacial score (nSPS) is 17.2. The van der Waals surface area contributed by atoms with Gasteiger partial charge in [-0.25, -0.2) is 0 Å². The van der Waals surface area contributed by atoms with Crippen molar-refractivity contribution >= 4 is 23.5 Å². The Morgan fingerprint density at radius 3 is 3.10 bits per heavy atom. The molecule has 2 aromatic heterocycles. The zero-order valence-electron chi connectivity index (χ0n) is 11.8. The van der Waals surface area contributed by atoms with Gasteiger partial charge in [0.25, 0.3) is 0 Å². The van der Waals surface area contributed by atoms with Crippen molar-refractivity contribution in [2.45, 2.75) is 25.7 Å². The molecule has 0 aliphatic carbocycles. The van der Waals surface area contributed by atoms with E-state index in [-0.39, 0.29) is 24.2 Å². The van der Waals surface area contributed by atoms with Crippen molar-refractivity contribution in [2.24, 2.45) is 7.05 Å². The predicted octanol–water partition coefficient (Wildman–Crippen LogP) is 1.84. The van der Waals surface area contributed by atoms with E-state index in [1.165, 1.54) is 0 Å². The van der Waals surface area contributed by atoms with Crippen LogP contribution < -0.4 is 10.6 Å². The highest BCUT2D eigenvalue weighted by Crippen LogP contribution is 2.41. The van der Waals surface area contributed by atoms with Crippen molar-refractivity contribution in [3.63, 3.8) is 0 Å². The number of nitrogens with one attached hydrogen (secondary N) is 2. The molecule has 0 fully saturated rings. The van der Waals surface area contributed by atoms with E-state index in [9.17, 15) is 9.59 Å². The van der Waals surface area contributed by atoms with E-state index >= 15 is 0 Å². The molecule has 110 valence electrons. The van der Waals surface area contributed by atoms with Crippen LogP contribution in [0.15, 0.2) is 22.8 Å². The number of furan rings is 1. The van der Waals surface area contributed by atoms with Gasteiger partial charge in [-0.05, 0) is 12.1 Å². The molecular formula is C14H16N4O3. The number of rotatable bonds is 3. The lowest BCUT2D eigenvalue weighted by Gasteiger charge is -2.22. The van der Waals surface area contributed by atoms with E-state index in [2.05, 4.69) is 15.7 Å². The van der Waals surface area contributed by atoms with Gasteiger partial charge in [0.2, 0.25) is 11.8 Å². The third-order valence-corrected chi connectivity index (χ3v) is 3.55. The highest BCUT2D eigenvalue weighted by molar-refractivity contribution is 5.98. The second kappa shape index (κ2) is 5.08. The molecule has 7 nitrogen and oxygen atoms in total. The average Bonchev–Trinajstić information content (AvgIpc) is 3.08. The van der Waals surface area contributed by atoms with E-state index in [4.69, 9.17) is 4.42 Å². The van der Waals surface area contributed by atoms with E-state index in [1.54, 1.807) is 31.0 Å². The molecule has 0 saturated heterocycles. The molecule has 3 rings (SSSR count). The first-order valence-corrected chi connectivity index (χ1v) is 6.80. The van der Waals surface area contributed by atoms with E-state index in [0.29, 0.717) is 23.8 Å². The quantitative estimate of drug-likeness (QED) is 0.901. The largest absolute Gasteiger partial charge is 0.469 e. The van der Waals surface area contributed by atoms with Crippen molar-refractivity contribution in [2.75, 3.05) is 10.6 Å². The fourth-order valence-corrected chi connectivity index (χ4v) is 2.53. The minimum atomic E-state index is -0.246. The summed E-state index contributed by atoms with van der Waals surface area (Å²) >= 11 is 0. The van der Waals surface area contributed by atoms with Crippen LogP contribution in [0.2, 0.25) is 0 Å². The first-order valence-electron chi connectivity index (χ1n) is 6.80. The maximum absolute atomic E-state index is 11.9. The highest BCUT2D eigenvalue weighted by Gasteiger charge is 2.34. The van der Waals surface area contributed by atoms with Gasteiger partial charge in [0.05, 0.1) is 17.7 Å². The fourth-order valence-electron chi connectivity index (χ4n) is 2.53. The van der Waals surface area contributed by atoms with Crippen LogP contribution in [0.25, 0.3) is 0 Å². The Balaban J connectivity index is 2.09. The summed E-state index contributed by atoms with van der Waals surface area (Å²) in [7, 11) is 1.73. The Bertz CT molecular complexity index is 687. The molecular weight excluding hydrogens is 272 g/mol. The molecule has 7 heteroatoms. The standard InChI is InChI=1S/C14H16N4O3/c1-3-10(19)15-13-12-8(9-5-4-6-21-9)7-11(20)16-14(12)18(2)17-13/h4-6,8H,3,7H2,1-2H3,(H,16,20)(H,15,17,19)/t8-/m1/s1. The number of fused-ring (bicyclic) bond motifs is 1. The molecule has 0 spiro atoms. The minimum absolute atomic E-state index is 0.0970. The van der Waals surface area contributed by atoms with Crippen LogP contribution in [0.3, 0.4) is 0 Å². The molecule has 0 unspecified atom stereocenters. The molecule has 1 aliphatic heterocycles. The van der Waals surface area contributed by atoms with Gasteiger partial charge in [0.1, 0.15) is 11.6 Å². The number of hydrogen-bond donors (Lipinski definition) is 2. The van der Waals surface area contributed by atoms with Crippen LogP contribution >= 0.6 is 0 Å². The molecule has 2 N–H and O–H groups in total. The molecule has 1 aliphatic rings. The lowest BCUT2D eigenvalue weighted by atomic mass is 9.91. The third-order valence-electron chi connectivity index (χ3n) is 3.55. The van der Waals surface area contributed by atoms with E-state index in [0.717, 1.165) is 5.56 Å². The maximum Gasteiger partial charge on any atom is 0.226 e. The first kappa shape index (κ1) is 13.4. The van der Waals surface area contributed by atoms with Crippen LogP contribution in [0, 0.1) is 0 Å². The topological polar surface area (TPSA) is 89.2 Å². The van der Waals surface area contributed by atoms with Crippen molar-refractivity contribution in [3.8, 4) is 0 Å². The van der Waals surface area contributed by atoms with E-state index in [1.807, 2.05) is 6.07 Å². The van der Waals surface area contributed by atoms with Crippen molar-refractivity contribution in [1.29, 1.82) is 0 Å². The number of anilines is 2. The number of hydrogen-bond acceptors (Lipinski definition) is 4. The molecule has 0 aromatic carbocycles. The van der Waals surface area contributed by atoms with Crippen LogP contribution in [-0.2, 0) is 16.6 Å². The molecule has 21 heavy (non-hydrogen) atoms. The summed E-state index contributed by atoms with van der Waals surface area (Å²) in [6.45, 7) is 1.77. The van der Waals surface area contributed by atoms with Gasteiger partial charge in [-0.1, -0.05) is 6.92 Å². The molecule has 2 amide bonds. The molecule has 2 aromatic rings. The van der Waals surface area contributed by atoms with Gasteiger partial charge in [0, 0.05) is 19.9 Å². The predicted molar refractivity (Wildman–Crippen MR) is 75.9 cm³/mol. The fraction of sp³-hybridized carbons (Fsp3) is 0.357. The number of amides is 2. The zero-order valence-corrected chi connectivity index (χ0v) is 11.8. The lowest BCUT2D eigenvalue weighted by Crippen LogP contribution is -2.25. The third kappa shape index (κ3) is 2.31. The van der Waals surface area contributed by atoms with Crippen LogP contribution in [0.1, 0.15) is 37.0 Å². The van der Waals surface area contributed by atoms with Gasteiger partial charge >= 0.3 is 0 Å². The molecule has 3 heterocycles. The molecule has 0 saturated carbocycles. The van der Waals surface area contributed by atoms with Crippen molar-refractivity contribution < 1.29 is 14.0 Å². The Kier molecular flexibility index (Phi) is 3.25. The van der Waals surface area contributed by atoms with Gasteiger partial charge < -0.3 is 15.1 Å². The summed E-state index contributed by atoms with van der Waals surface area (Å²) in [5.41, 5.74) is 0.786. The van der Waals surface area contributed by atoms with Gasteiger partial charge in [-0.3, -0.25) is 14.3 Å². The Labute approximate surface area is 121 Å².